The second kappa shape index (κ2) is 4.51. The van der Waals surface area contributed by atoms with Crippen LogP contribution in [0, 0.1) is 0 Å². The SMILES string of the molecule is C=CCC(C=C)c1ccc(O)cc1. The van der Waals surface area contributed by atoms with Gasteiger partial charge in [0.1, 0.15) is 5.75 Å². The van der Waals surface area contributed by atoms with Gasteiger partial charge in [-0.15, -0.1) is 13.2 Å². The molecule has 0 aliphatic heterocycles. The summed E-state index contributed by atoms with van der Waals surface area (Å²) in [6.07, 6.45) is 4.65. The first-order chi connectivity index (χ1) is 6.27. The molecule has 0 saturated carbocycles. The zero-order valence-electron chi connectivity index (χ0n) is 7.61. The highest BCUT2D eigenvalue weighted by Gasteiger charge is 2.04. The van der Waals surface area contributed by atoms with Gasteiger partial charge in [-0.05, 0) is 24.1 Å². The predicted molar refractivity (Wildman–Crippen MR) is 55.9 cm³/mol. The van der Waals surface area contributed by atoms with E-state index in [1.807, 2.05) is 24.3 Å². The van der Waals surface area contributed by atoms with Gasteiger partial charge in [0, 0.05) is 5.92 Å². The first kappa shape index (κ1) is 9.59. The lowest BCUT2D eigenvalue weighted by Gasteiger charge is -2.09. The molecule has 1 atom stereocenters. The van der Waals surface area contributed by atoms with Crippen molar-refractivity contribution in [2.75, 3.05) is 0 Å². The summed E-state index contributed by atoms with van der Waals surface area (Å²) in [5.74, 6) is 0.600. The summed E-state index contributed by atoms with van der Waals surface area (Å²) in [5, 5.41) is 9.10. The van der Waals surface area contributed by atoms with Gasteiger partial charge in [-0.3, -0.25) is 0 Å². The first-order valence-electron chi connectivity index (χ1n) is 4.30. The Morgan fingerprint density at radius 2 is 1.85 bits per heavy atom. The van der Waals surface area contributed by atoms with Crippen LogP contribution in [0.2, 0.25) is 0 Å². The Bertz CT molecular complexity index is 284. The third-order valence-corrected chi connectivity index (χ3v) is 2.03. The normalized spacial score (nSPS) is 12.0. The predicted octanol–water partition coefficient (Wildman–Crippen LogP) is 3.24. The van der Waals surface area contributed by atoms with Crippen LogP contribution in [-0.2, 0) is 0 Å². The molecule has 68 valence electrons. The van der Waals surface area contributed by atoms with E-state index in [4.69, 9.17) is 5.11 Å². The van der Waals surface area contributed by atoms with Gasteiger partial charge in [-0.1, -0.05) is 24.3 Å². The molecule has 0 heterocycles. The van der Waals surface area contributed by atoms with Crippen LogP contribution in [0.25, 0.3) is 0 Å². The van der Waals surface area contributed by atoms with Crippen LogP contribution in [0.3, 0.4) is 0 Å². The van der Waals surface area contributed by atoms with Gasteiger partial charge in [-0.2, -0.15) is 0 Å². The van der Waals surface area contributed by atoms with E-state index in [0.717, 1.165) is 12.0 Å². The lowest BCUT2D eigenvalue weighted by atomic mass is 9.96. The Balaban J connectivity index is 2.84. The highest BCUT2D eigenvalue weighted by atomic mass is 16.3. The number of phenols is 1. The van der Waals surface area contributed by atoms with Gasteiger partial charge in [0.15, 0.2) is 0 Å². The summed E-state index contributed by atoms with van der Waals surface area (Å²) in [6, 6.07) is 7.19. The molecule has 0 aliphatic carbocycles. The maximum absolute atomic E-state index is 9.10. The molecule has 1 nitrogen and oxygen atoms in total. The lowest BCUT2D eigenvalue weighted by molar-refractivity contribution is 0.475. The summed E-state index contributed by atoms with van der Waals surface area (Å²) in [5.41, 5.74) is 1.16. The average molecular weight is 174 g/mol. The molecule has 1 aromatic rings. The Labute approximate surface area is 79.0 Å². The summed E-state index contributed by atoms with van der Waals surface area (Å²) >= 11 is 0. The standard InChI is InChI=1S/C12H14O/c1-3-5-10(4-2)11-6-8-12(13)9-7-11/h3-4,6-10,13H,1-2,5H2. The Hall–Kier alpha value is -1.50. The van der Waals surface area contributed by atoms with Gasteiger partial charge in [0.05, 0.1) is 0 Å². The van der Waals surface area contributed by atoms with Crippen molar-refractivity contribution in [3.05, 3.63) is 55.1 Å². The fraction of sp³-hybridized carbons (Fsp3) is 0.167. The summed E-state index contributed by atoms with van der Waals surface area (Å²) in [6.45, 7) is 7.46. The number of aromatic hydroxyl groups is 1. The molecule has 0 aromatic heterocycles. The minimum Gasteiger partial charge on any atom is -0.508 e. The third-order valence-electron chi connectivity index (χ3n) is 2.03. The molecule has 1 unspecified atom stereocenters. The van der Waals surface area contributed by atoms with E-state index in [0.29, 0.717) is 11.7 Å². The zero-order valence-corrected chi connectivity index (χ0v) is 7.61. The molecule has 0 amide bonds. The van der Waals surface area contributed by atoms with Crippen molar-refractivity contribution in [1.82, 2.24) is 0 Å². The first-order valence-corrected chi connectivity index (χ1v) is 4.30. The van der Waals surface area contributed by atoms with E-state index < -0.39 is 0 Å². The van der Waals surface area contributed by atoms with Crippen LogP contribution < -0.4 is 0 Å². The van der Waals surface area contributed by atoms with Gasteiger partial charge in [0.2, 0.25) is 0 Å². The topological polar surface area (TPSA) is 20.2 Å². The maximum atomic E-state index is 9.10. The monoisotopic (exact) mass is 174 g/mol. The summed E-state index contributed by atoms with van der Waals surface area (Å²) in [7, 11) is 0. The molecule has 1 heteroatoms. The number of hydrogen-bond donors (Lipinski definition) is 1. The van der Waals surface area contributed by atoms with Crippen molar-refractivity contribution in [3.63, 3.8) is 0 Å². The van der Waals surface area contributed by atoms with Crippen LogP contribution >= 0.6 is 0 Å². The Morgan fingerprint density at radius 1 is 1.23 bits per heavy atom. The largest absolute Gasteiger partial charge is 0.508 e. The number of benzene rings is 1. The minimum atomic E-state index is 0.296. The molecule has 0 bridgehead atoms. The van der Waals surface area contributed by atoms with Gasteiger partial charge < -0.3 is 5.11 Å². The van der Waals surface area contributed by atoms with Gasteiger partial charge >= 0.3 is 0 Å². The van der Waals surface area contributed by atoms with E-state index in [9.17, 15) is 0 Å². The van der Waals surface area contributed by atoms with Crippen LogP contribution in [0.1, 0.15) is 17.9 Å². The van der Waals surface area contributed by atoms with Crippen LogP contribution in [-0.4, -0.2) is 5.11 Å². The van der Waals surface area contributed by atoms with Crippen molar-refractivity contribution >= 4 is 0 Å². The van der Waals surface area contributed by atoms with Crippen molar-refractivity contribution in [2.24, 2.45) is 0 Å². The van der Waals surface area contributed by atoms with Crippen LogP contribution in [0.4, 0.5) is 0 Å². The Kier molecular flexibility index (Phi) is 3.32. The van der Waals surface area contributed by atoms with Crippen molar-refractivity contribution in [2.45, 2.75) is 12.3 Å². The average Bonchev–Trinajstić information content (AvgIpc) is 2.16. The van der Waals surface area contributed by atoms with E-state index in [2.05, 4.69) is 13.2 Å². The van der Waals surface area contributed by atoms with E-state index in [1.165, 1.54) is 0 Å². The van der Waals surface area contributed by atoms with Crippen molar-refractivity contribution in [3.8, 4) is 5.75 Å². The zero-order chi connectivity index (χ0) is 9.68. The smallest absolute Gasteiger partial charge is 0.115 e. The molecule has 0 radical (unpaired) electrons. The molecule has 1 N–H and O–H groups in total. The molecule has 0 fully saturated rings. The molecular weight excluding hydrogens is 160 g/mol. The fourth-order valence-corrected chi connectivity index (χ4v) is 1.27. The summed E-state index contributed by atoms with van der Waals surface area (Å²) in [4.78, 5) is 0. The molecular formula is C12H14O. The van der Waals surface area contributed by atoms with E-state index in [1.54, 1.807) is 12.1 Å². The maximum Gasteiger partial charge on any atom is 0.115 e. The molecule has 1 rings (SSSR count). The molecule has 0 spiro atoms. The van der Waals surface area contributed by atoms with Crippen LogP contribution in [0.5, 0.6) is 5.75 Å². The molecule has 1 aromatic carbocycles. The minimum absolute atomic E-state index is 0.296. The van der Waals surface area contributed by atoms with Crippen LogP contribution in [0.15, 0.2) is 49.6 Å². The van der Waals surface area contributed by atoms with Crippen molar-refractivity contribution in [1.29, 1.82) is 0 Å². The third kappa shape index (κ3) is 2.48. The second-order valence-electron chi connectivity index (χ2n) is 2.96. The second-order valence-corrected chi connectivity index (χ2v) is 2.96. The number of hydrogen-bond acceptors (Lipinski definition) is 1. The quantitative estimate of drug-likeness (QED) is 0.695. The molecule has 0 aliphatic rings. The molecule has 13 heavy (non-hydrogen) atoms. The summed E-state index contributed by atoms with van der Waals surface area (Å²) < 4.78 is 0. The van der Waals surface area contributed by atoms with Gasteiger partial charge in [0.25, 0.3) is 0 Å². The van der Waals surface area contributed by atoms with E-state index >= 15 is 0 Å². The van der Waals surface area contributed by atoms with Gasteiger partial charge in [-0.25, -0.2) is 0 Å². The molecule has 0 saturated heterocycles. The highest BCUT2D eigenvalue weighted by Crippen LogP contribution is 2.22. The lowest BCUT2D eigenvalue weighted by Crippen LogP contribution is -1.91. The highest BCUT2D eigenvalue weighted by molar-refractivity contribution is 5.30. The number of allylic oxidation sites excluding steroid dienone is 2. The Morgan fingerprint density at radius 3 is 2.31 bits per heavy atom. The number of rotatable bonds is 4. The van der Waals surface area contributed by atoms with Crippen molar-refractivity contribution < 1.29 is 5.11 Å². The number of phenolic OH excluding ortho intramolecular Hbond substituents is 1. The fourth-order valence-electron chi connectivity index (χ4n) is 1.27. The van der Waals surface area contributed by atoms with E-state index in [-0.39, 0.29) is 0 Å².